The summed E-state index contributed by atoms with van der Waals surface area (Å²) in [4.78, 5) is 4.14. The lowest BCUT2D eigenvalue weighted by molar-refractivity contribution is 0.414. The molecule has 1 aromatic heterocycles. The Morgan fingerprint density at radius 3 is 2.50 bits per heavy atom. The van der Waals surface area contributed by atoms with Gasteiger partial charge >= 0.3 is 0 Å². The molecule has 1 aromatic carbocycles. The first-order chi connectivity index (χ1) is 9.36. The molecular weight excluding hydrogens is 278 g/mol. The summed E-state index contributed by atoms with van der Waals surface area (Å²) in [5.41, 5.74) is 2.50. The van der Waals surface area contributed by atoms with Crippen molar-refractivity contribution in [2.45, 2.75) is 18.7 Å². The van der Waals surface area contributed by atoms with Gasteiger partial charge in [0.15, 0.2) is 0 Å². The fourth-order valence-electron chi connectivity index (χ4n) is 2.21. The van der Waals surface area contributed by atoms with Gasteiger partial charge in [-0.25, -0.2) is 0 Å². The van der Waals surface area contributed by atoms with Gasteiger partial charge in [-0.1, -0.05) is 6.07 Å². The van der Waals surface area contributed by atoms with Crippen LogP contribution in [0, 0.1) is 13.8 Å². The molecule has 0 aliphatic carbocycles. The fourth-order valence-corrected chi connectivity index (χ4v) is 2.94. The molecule has 2 aromatic rings. The van der Waals surface area contributed by atoms with Crippen molar-refractivity contribution in [3.63, 3.8) is 0 Å². The summed E-state index contributed by atoms with van der Waals surface area (Å²) in [5.74, 6) is 0.547. The van der Waals surface area contributed by atoms with Crippen molar-refractivity contribution in [1.29, 1.82) is 0 Å². The van der Waals surface area contributed by atoms with Gasteiger partial charge in [0.05, 0.1) is 12.0 Å². The molecule has 20 heavy (non-hydrogen) atoms. The fraction of sp³-hybridized carbons (Fsp3) is 0.214. The van der Waals surface area contributed by atoms with Crippen molar-refractivity contribution < 1.29 is 17.7 Å². The second-order valence-electron chi connectivity index (χ2n) is 4.41. The van der Waals surface area contributed by atoms with E-state index in [1.807, 2.05) is 6.92 Å². The summed E-state index contributed by atoms with van der Waals surface area (Å²) in [6.07, 6.45) is 1.61. The van der Waals surface area contributed by atoms with Crippen molar-refractivity contribution in [2.75, 3.05) is 7.11 Å². The number of hydrogen-bond acceptors (Lipinski definition) is 4. The zero-order chi connectivity index (χ0) is 14.9. The van der Waals surface area contributed by atoms with Gasteiger partial charge in [-0.05, 0) is 43.2 Å². The lowest BCUT2D eigenvalue weighted by Gasteiger charge is -2.14. The molecule has 0 spiro atoms. The standard InChI is InChI=1S/C14H15NO4S/c1-9-6-7-12(20(16,17)18)10(2)13(9)14-11(19-3)5-4-8-15-14/h4-8H,1-3H3,(H,16,17,18). The van der Waals surface area contributed by atoms with Gasteiger partial charge in [0.1, 0.15) is 11.4 Å². The molecule has 5 nitrogen and oxygen atoms in total. The highest BCUT2D eigenvalue weighted by molar-refractivity contribution is 7.85. The van der Waals surface area contributed by atoms with Crippen LogP contribution < -0.4 is 4.74 Å². The van der Waals surface area contributed by atoms with E-state index in [9.17, 15) is 13.0 Å². The van der Waals surface area contributed by atoms with Gasteiger partial charge in [-0.3, -0.25) is 9.54 Å². The van der Waals surface area contributed by atoms with Gasteiger partial charge < -0.3 is 4.74 Å². The number of ether oxygens (including phenoxy) is 1. The highest BCUT2D eigenvalue weighted by Crippen LogP contribution is 2.35. The van der Waals surface area contributed by atoms with Crippen LogP contribution >= 0.6 is 0 Å². The van der Waals surface area contributed by atoms with Crippen LogP contribution in [0.15, 0.2) is 35.4 Å². The predicted molar refractivity (Wildman–Crippen MR) is 75.5 cm³/mol. The SMILES string of the molecule is COc1cccnc1-c1c(C)ccc(S(=O)(=O)O)c1C. The van der Waals surface area contributed by atoms with E-state index in [2.05, 4.69) is 4.98 Å². The molecule has 0 saturated heterocycles. The number of hydrogen-bond donors (Lipinski definition) is 1. The average molecular weight is 293 g/mol. The summed E-state index contributed by atoms with van der Waals surface area (Å²) in [6, 6.07) is 6.51. The molecule has 0 aliphatic heterocycles. The smallest absolute Gasteiger partial charge is 0.294 e. The lowest BCUT2D eigenvalue weighted by atomic mass is 9.99. The topological polar surface area (TPSA) is 76.5 Å². The number of rotatable bonds is 3. The minimum Gasteiger partial charge on any atom is -0.494 e. The molecule has 1 N–H and O–H groups in total. The number of aryl methyl sites for hydroxylation is 1. The van der Waals surface area contributed by atoms with Crippen LogP contribution in [0.1, 0.15) is 11.1 Å². The lowest BCUT2D eigenvalue weighted by Crippen LogP contribution is -2.04. The first-order valence-corrected chi connectivity index (χ1v) is 7.37. The Bertz CT molecular complexity index is 754. The van der Waals surface area contributed by atoms with Crippen LogP contribution in [0.5, 0.6) is 5.75 Å². The molecule has 0 atom stereocenters. The van der Waals surface area contributed by atoms with E-state index in [4.69, 9.17) is 4.74 Å². The van der Waals surface area contributed by atoms with Crippen LogP contribution in [-0.4, -0.2) is 25.1 Å². The number of aromatic nitrogens is 1. The third kappa shape index (κ3) is 2.52. The van der Waals surface area contributed by atoms with Gasteiger partial charge in [0.2, 0.25) is 0 Å². The molecule has 0 bridgehead atoms. The summed E-state index contributed by atoms with van der Waals surface area (Å²) in [7, 11) is -2.74. The molecule has 0 saturated carbocycles. The van der Waals surface area contributed by atoms with E-state index in [0.717, 1.165) is 5.56 Å². The first-order valence-electron chi connectivity index (χ1n) is 5.93. The summed E-state index contributed by atoms with van der Waals surface area (Å²) < 4.78 is 37.4. The van der Waals surface area contributed by atoms with E-state index >= 15 is 0 Å². The maximum atomic E-state index is 11.4. The van der Waals surface area contributed by atoms with E-state index in [-0.39, 0.29) is 4.90 Å². The Morgan fingerprint density at radius 1 is 1.20 bits per heavy atom. The first kappa shape index (κ1) is 14.5. The molecule has 106 valence electrons. The molecule has 0 fully saturated rings. The van der Waals surface area contributed by atoms with Gasteiger partial charge in [0, 0.05) is 11.8 Å². The Hall–Kier alpha value is -1.92. The van der Waals surface area contributed by atoms with Gasteiger partial charge in [0.25, 0.3) is 10.1 Å². The number of pyridine rings is 1. The van der Waals surface area contributed by atoms with E-state index in [1.54, 1.807) is 31.3 Å². The summed E-state index contributed by atoms with van der Waals surface area (Å²) >= 11 is 0. The third-order valence-electron chi connectivity index (χ3n) is 3.13. The van der Waals surface area contributed by atoms with Crippen molar-refractivity contribution in [2.24, 2.45) is 0 Å². The van der Waals surface area contributed by atoms with E-state index < -0.39 is 10.1 Å². The van der Waals surface area contributed by atoms with Crippen LogP contribution in [-0.2, 0) is 10.1 Å². The number of benzene rings is 1. The molecule has 0 unspecified atom stereocenters. The van der Waals surface area contributed by atoms with Crippen LogP contribution in [0.2, 0.25) is 0 Å². The minimum absolute atomic E-state index is 0.120. The number of nitrogens with zero attached hydrogens (tertiary/aromatic N) is 1. The van der Waals surface area contributed by atoms with E-state index in [0.29, 0.717) is 22.6 Å². The Labute approximate surface area is 118 Å². The summed E-state index contributed by atoms with van der Waals surface area (Å²) in [6.45, 7) is 3.49. The highest BCUT2D eigenvalue weighted by atomic mass is 32.2. The molecule has 0 aliphatic rings. The average Bonchev–Trinajstić information content (AvgIpc) is 2.37. The quantitative estimate of drug-likeness (QED) is 0.880. The van der Waals surface area contributed by atoms with Gasteiger partial charge in [-0.2, -0.15) is 8.42 Å². The highest BCUT2D eigenvalue weighted by Gasteiger charge is 2.20. The summed E-state index contributed by atoms with van der Waals surface area (Å²) in [5, 5.41) is 0. The maximum absolute atomic E-state index is 11.4. The Morgan fingerprint density at radius 2 is 1.90 bits per heavy atom. The largest absolute Gasteiger partial charge is 0.494 e. The van der Waals surface area contributed by atoms with Crippen molar-refractivity contribution in [3.8, 4) is 17.0 Å². The predicted octanol–water partition coefficient (Wildman–Crippen LogP) is 2.62. The van der Waals surface area contributed by atoms with Crippen LogP contribution in [0.3, 0.4) is 0 Å². The molecule has 6 heteroatoms. The molecule has 0 radical (unpaired) electrons. The molecule has 2 rings (SSSR count). The monoisotopic (exact) mass is 293 g/mol. The Kier molecular flexibility index (Phi) is 3.78. The normalized spacial score (nSPS) is 11.4. The van der Waals surface area contributed by atoms with Crippen LogP contribution in [0.4, 0.5) is 0 Å². The molecule has 1 heterocycles. The van der Waals surface area contributed by atoms with Crippen molar-refractivity contribution >= 4 is 10.1 Å². The minimum atomic E-state index is -4.27. The van der Waals surface area contributed by atoms with Crippen LogP contribution in [0.25, 0.3) is 11.3 Å². The van der Waals surface area contributed by atoms with Crippen molar-refractivity contribution in [3.05, 3.63) is 41.6 Å². The molecular formula is C14H15NO4S. The van der Waals surface area contributed by atoms with E-state index in [1.165, 1.54) is 13.2 Å². The third-order valence-corrected chi connectivity index (χ3v) is 4.13. The number of methoxy groups -OCH3 is 1. The van der Waals surface area contributed by atoms with Gasteiger partial charge in [-0.15, -0.1) is 0 Å². The second kappa shape index (κ2) is 5.22. The molecule has 0 amide bonds. The zero-order valence-corrected chi connectivity index (χ0v) is 12.2. The van der Waals surface area contributed by atoms with Crippen molar-refractivity contribution in [1.82, 2.24) is 4.98 Å². The second-order valence-corrected chi connectivity index (χ2v) is 5.80. The zero-order valence-electron chi connectivity index (χ0n) is 11.4. The Balaban J connectivity index is 2.81. The maximum Gasteiger partial charge on any atom is 0.294 e.